The molecule has 3 aromatic rings. The van der Waals surface area contributed by atoms with E-state index < -0.39 is 0 Å². The monoisotopic (exact) mass is 382 g/mol. The maximum Gasteiger partial charge on any atom is 0.272 e. The zero-order chi connectivity index (χ0) is 19.7. The Bertz CT molecular complexity index is 1040. The minimum Gasteiger partial charge on any atom is -0.493 e. The lowest BCUT2D eigenvalue weighted by Gasteiger charge is -2.17. The van der Waals surface area contributed by atoms with Gasteiger partial charge in [-0.05, 0) is 37.1 Å². The van der Waals surface area contributed by atoms with Crippen LogP contribution < -0.4 is 15.0 Å². The third-order valence-corrected chi connectivity index (χ3v) is 5.45. The van der Waals surface area contributed by atoms with Crippen LogP contribution in [0.4, 0.5) is 0 Å². The van der Waals surface area contributed by atoms with Gasteiger partial charge in [0, 0.05) is 42.5 Å². The van der Waals surface area contributed by atoms with E-state index in [2.05, 4.69) is 21.0 Å². The molecule has 148 valence electrons. The summed E-state index contributed by atoms with van der Waals surface area (Å²) < 4.78 is 12.3. The molecule has 1 fully saturated rings. The van der Waals surface area contributed by atoms with Crippen molar-refractivity contribution in [2.45, 2.75) is 32.2 Å². The third kappa shape index (κ3) is 3.49. The molecule has 2 aromatic heterocycles. The maximum atomic E-state index is 12.3. The molecule has 3 heterocycles. The summed E-state index contributed by atoms with van der Waals surface area (Å²) in [4.78, 5) is 19.2. The number of hydrogen-bond donors (Lipinski definition) is 1. The first-order valence-electron chi connectivity index (χ1n) is 9.66. The fourth-order valence-corrected chi connectivity index (χ4v) is 3.92. The molecule has 1 aliphatic rings. The Morgan fingerprint density at radius 3 is 2.75 bits per heavy atom. The molecule has 1 atom stereocenters. The number of methoxy groups -OCH3 is 2. The van der Waals surface area contributed by atoms with E-state index in [0.717, 1.165) is 55.4 Å². The summed E-state index contributed by atoms with van der Waals surface area (Å²) in [5.41, 5.74) is 3.76. The summed E-state index contributed by atoms with van der Waals surface area (Å²) in [6.07, 6.45) is 1.81. The highest BCUT2D eigenvalue weighted by Gasteiger charge is 2.26. The number of benzene rings is 1. The first-order valence-corrected chi connectivity index (χ1v) is 9.66. The molecule has 1 N–H and O–H groups in total. The summed E-state index contributed by atoms with van der Waals surface area (Å²) in [7, 11) is 3.30. The molecule has 0 amide bonds. The standard InChI is InChI=1S/C21H26N4O3/c1-4-16-10-21(26)25-20(22-16)11-17(23-25)15-7-8-24(13-15)12-14-5-6-18(27-2)19(9-14)28-3/h5-6,9-11,15,23H,4,7-8,12-13H2,1-3H3. The van der Waals surface area contributed by atoms with Crippen molar-refractivity contribution < 1.29 is 9.47 Å². The van der Waals surface area contributed by atoms with Gasteiger partial charge in [0.1, 0.15) is 0 Å². The number of aromatic amines is 1. The van der Waals surface area contributed by atoms with Crippen molar-refractivity contribution in [2.24, 2.45) is 0 Å². The molecule has 1 aromatic carbocycles. The lowest BCUT2D eigenvalue weighted by Crippen LogP contribution is -2.20. The Kier molecular flexibility index (Phi) is 5.09. The van der Waals surface area contributed by atoms with Crippen LogP contribution in [0.2, 0.25) is 0 Å². The van der Waals surface area contributed by atoms with E-state index in [1.54, 1.807) is 24.8 Å². The lowest BCUT2D eigenvalue weighted by atomic mass is 10.1. The fourth-order valence-electron chi connectivity index (χ4n) is 3.92. The van der Waals surface area contributed by atoms with Gasteiger partial charge >= 0.3 is 0 Å². The number of nitrogens with zero attached hydrogens (tertiary/aromatic N) is 3. The summed E-state index contributed by atoms with van der Waals surface area (Å²) in [5, 5.41) is 3.25. The summed E-state index contributed by atoms with van der Waals surface area (Å²) in [6.45, 7) is 4.82. The highest BCUT2D eigenvalue weighted by molar-refractivity contribution is 5.43. The number of aromatic nitrogens is 3. The molecule has 0 spiro atoms. The fraction of sp³-hybridized carbons (Fsp3) is 0.429. The predicted octanol–water partition coefficient (Wildman–Crippen LogP) is 2.59. The van der Waals surface area contributed by atoms with Crippen molar-refractivity contribution >= 4 is 5.65 Å². The van der Waals surface area contributed by atoms with Crippen LogP contribution in [0.3, 0.4) is 0 Å². The van der Waals surface area contributed by atoms with Crippen molar-refractivity contribution in [1.82, 2.24) is 19.5 Å². The smallest absolute Gasteiger partial charge is 0.272 e. The number of likely N-dealkylation sites (tertiary alicyclic amines) is 1. The zero-order valence-electron chi connectivity index (χ0n) is 16.6. The van der Waals surface area contributed by atoms with E-state index in [9.17, 15) is 4.79 Å². The molecule has 1 aliphatic heterocycles. The van der Waals surface area contributed by atoms with Gasteiger partial charge in [-0.1, -0.05) is 13.0 Å². The number of H-pyrrole nitrogens is 1. The minimum atomic E-state index is -0.0479. The molecular formula is C21H26N4O3. The molecule has 7 nitrogen and oxygen atoms in total. The number of hydrogen-bond acceptors (Lipinski definition) is 5. The van der Waals surface area contributed by atoms with E-state index in [0.29, 0.717) is 11.6 Å². The number of nitrogens with one attached hydrogen (secondary N) is 1. The van der Waals surface area contributed by atoms with Gasteiger partial charge < -0.3 is 9.47 Å². The maximum absolute atomic E-state index is 12.3. The molecule has 7 heteroatoms. The molecule has 1 unspecified atom stereocenters. The summed E-state index contributed by atoms with van der Waals surface area (Å²) in [6, 6.07) is 9.68. The molecule has 0 radical (unpaired) electrons. The van der Waals surface area contributed by atoms with Crippen LogP contribution in [0.5, 0.6) is 11.5 Å². The number of aryl methyl sites for hydroxylation is 1. The number of ether oxygens (including phenoxy) is 2. The van der Waals surface area contributed by atoms with Gasteiger partial charge in [0.2, 0.25) is 0 Å². The quantitative estimate of drug-likeness (QED) is 0.710. The van der Waals surface area contributed by atoms with Gasteiger partial charge in [0.05, 0.1) is 14.2 Å². The van der Waals surface area contributed by atoms with E-state index in [-0.39, 0.29) is 5.56 Å². The first kappa shape index (κ1) is 18.6. The van der Waals surface area contributed by atoms with Crippen LogP contribution in [0.25, 0.3) is 5.65 Å². The third-order valence-electron chi connectivity index (χ3n) is 5.45. The zero-order valence-corrected chi connectivity index (χ0v) is 16.6. The van der Waals surface area contributed by atoms with Crippen molar-refractivity contribution in [2.75, 3.05) is 27.3 Å². The second kappa shape index (κ2) is 7.67. The highest BCUT2D eigenvalue weighted by atomic mass is 16.5. The predicted molar refractivity (Wildman–Crippen MR) is 107 cm³/mol. The van der Waals surface area contributed by atoms with E-state index in [1.165, 1.54) is 5.56 Å². The lowest BCUT2D eigenvalue weighted by molar-refractivity contribution is 0.323. The Morgan fingerprint density at radius 1 is 1.18 bits per heavy atom. The average molecular weight is 382 g/mol. The number of fused-ring (bicyclic) bond motifs is 1. The van der Waals surface area contributed by atoms with Crippen LogP contribution in [-0.4, -0.2) is 46.8 Å². The van der Waals surface area contributed by atoms with Crippen LogP contribution in [0.15, 0.2) is 35.1 Å². The van der Waals surface area contributed by atoms with E-state index in [1.807, 2.05) is 25.1 Å². The molecule has 0 saturated carbocycles. The Morgan fingerprint density at radius 2 is 2.00 bits per heavy atom. The van der Waals surface area contributed by atoms with E-state index in [4.69, 9.17) is 9.47 Å². The van der Waals surface area contributed by atoms with Gasteiger partial charge in [0.25, 0.3) is 5.56 Å². The minimum absolute atomic E-state index is 0.0479. The first-order chi connectivity index (χ1) is 13.6. The van der Waals surface area contributed by atoms with Crippen LogP contribution in [-0.2, 0) is 13.0 Å². The molecule has 1 saturated heterocycles. The Balaban J connectivity index is 1.49. The number of rotatable bonds is 6. The van der Waals surface area contributed by atoms with Crippen molar-refractivity contribution in [3.8, 4) is 11.5 Å². The second-order valence-electron chi connectivity index (χ2n) is 7.25. The summed E-state index contributed by atoms with van der Waals surface area (Å²) in [5.74, 6) is 1.86. The Labute approximate surface area is 163 Å². The van der Waals surface area contributed by atoms with Gasteiger partial charge in [-0.25, -0.2) is 9.50 Å². The van der Waals surface area contributed by atoms with Crippen molar-refractivity contribution in [3.05, 3.63) is 57.6 Å². The van der Waals surface area contributed by atoms with Crippen molar-refractivity contribution in [1.29, 1.82) is 0 Å². The van der Waals surface area contributed by atoms with Crippen LogP contribution in [0.1, 0.15) is 36.2 Å². The second-order valence-corrected chi connectivity index (χ2v) is 7.25. The van der Waals surface area contributed by atoms with Crippen LogP contribution in [0, 0.1) is 0 Å². The molecule has 0 aliphatic carbocycles. The summed E-state index contributed by atoms with van der Waals surface area (Å²) >= 11 is 0. The molecule has 0 bridgehead atoms. The normalized spacial score (nSPS) is 17.3. The van der Waals surface area contributed by atoms with Crippen LogP contribution >= 0.6 is 0 Å². The molecule has 4 rings (SSSR count). The average Bonchev–Trinajstić information content (AvgIpc) is 3.34. The molecule has 28 heavy (non-hydrogen) atoms. The van der Waals surface area contributed by atoms with Crippen molar-refractivity contribution in [3.63, 3.8) is 0 Å². The van der Waals surface area contributed by atoms with Gasteiger partial charge in [0.15, 0.2) is 17.1 Å². The Hall–Kier alpha value is -2.80. The molecular weight excluding hydrogens is 356 g/mol. The van der Waals surface area contributed by atoms with Gasteiger partial charge in [-0.15, -0.1) is 0 Å². The topological polar surface area (TPSA) is 71.9 Å². The largest absolute Gasteiger partial charge is 0.493 e. The van der Waals surface area contributed by atoms with Gasteiger partial charge in [-0.3, -0.25) is 14.8 Å². The van der Waals surface area contributed by atoms with Gasteiger partial charge in [-0.2, -0.15) is 0 Å². The SMILES string of the molecule is CCc1cc(=O)n2[nH]c(C3CCN(Cc4ccc(OC)c(OC)c4)C3)cc2n1. The highest BCUT2D eigenvalue weighted by Crippen LogP contribution is 2.31. The van der Waals surface area contributed by atoms with E-state index >= 15 is 0 Å².